The molecule has 4 nitrogen and oxygen atoms in total. The first kappa shape index (κ1) is 14.4. The molecule has 0 radical (unpaired) electrons. The summed E-state index contributed by atoms with van der Waals surface area (Å²) in [6.07, 6.45) is 2.86. The molecule has 0 N–H and O–H groups in total. The zero-order valence-corrected chi connectivity index (χ0v) is 11.8. The predicted octanol–water partition coefficient (Wildman–Crippen LogP) is 2.54. The van der Waals surface area contributed by atoms with Crippen LogP contribution in [0.3, 0.4) is 0 Å². The highest BCUT2D eigenvalue weighted by atomic mass is 35.5. The van der Waals surface area contributed by atoms with Crippen LogP contribution in [0.5, 0.6) is 0 Å². The minimum Gasteiger partial charge on any atom is -0.243 e. The fourth-order valence-corrected chi connectivity index (χ4v) is 3.24. The number of pyridine rings is 1. The molecule has 0 aliphatic carbocycles. The van der Waals surface area contributed by atoms with Crippen LogP contribution in [0.4, 0.5) is 0 Å². The minimum absolute atomic E-state index is 0.00989. The summed E-state index contributed by atoms with van der Waals surface area (Å²) in [6.45, 7) is 3.95. The van der Waals surface area contributed by atoms with E-state index in [0.29, 0.717) is 0 Å². The molecule has 1 aromatic heterocycles. The number of aromatic nitrogens is 1. The van der Waals surface area contributed by atoms with Gasteiger partial charge in [0.15, 0.2) is 0 Å². The molecule has 0 aliphatic rings. The summed E-state index contributed by atoms with van der Waals surface area (Å²) in [5, 5.41) is 0.286. The van der Waals surface area contributed by atoms with Gasteiger partial charge in [-0.05, 0) is 25.0 Å². The van der Waals surface area contributed by atoms with E-state index in [1.807, 2.05) is 13.8 Å². The third kappa shape index (κ3) is 3.18. The molecule has 0 saturated heterocycles. The topological polar surface area (TPSA) is 50.3 Å². The molecule has 96 valence electrons. The number of rotatable bonds is 5. The van der Waals surface area contributed by atoms with E-state index in [-0.39, 0.29) is 16.1 Å². The largest absolute Gasteiger partial charge is 0.244 e. The van der Waals surface area contributed by atoms with Crippen molar-refractivity contribution in [3.63, 3.8) is 0 Å². The van der Waals surface area contributed by atoms with Crippen LogP contribution in [-0.2, 0) is 10.0 Å². The SMILES string of the molecule is CCC(CC)N(C)S(=O)(=O)c1ccc(Cl)nc1. The second-order valence-electron chi connectivity index (χ2n) is 3.81. The Bertz CT molecular complexity index is 455. The summed E-state index contributed by atoms with van der Waals surface area (Å²) in [7, 11) is -1.87. The Hall–Kier alpha value is -0.650. The van der Waals surface area contributed by atoms with Crippen molar-refractivity contribution in [3.05, 3.63) is 23.5 Å². The molecule has 0 saturated carbocycles. The highest BCUT2D eigenvalue weighted by molar-refractivity contribution is 7.89. The summed E-state index contributed by atoms with van der Waals surface area (Å²) in [5.74, 6) is 0. The van der Waals surface area contributed by atoms with Crippen molar-refractivity contribution in [3.8, 4) is 0 Å². The lowest BCUT2D eigenvalue weighted by molar-refractivity contribution is 0.349. The van der Waals surface area contributed by atoms with E-state index in [1.165, 1.54) is 22.6 Å². The van der Waals surface area contributed by atoms with Crippen LogP contribution >= 0.6 is 11.6 Å². The predicted molar refractivity (Wildman–Crippen MR) is 68.6 cm³/mol. The summed E-state index contributed by atoms with van der Waals surface area (Å²) in [6, 6.07) is 2.97. The van der Waals surface area contributed by atoms with Crippen LogP contribution < -0.4 is 0 Å². The Kier molecular flexibility index (Phi) is 4.91. The summed E-state index contributed by atoms with van der Waals surface area (Å²) < 4.78 is 25.9. The van der Waals surface area contributed by atoms with Gasteiger partial charge in [0.25, 0.3) is 0 Å². The number of hydrogen-bond donors (Lipinski definition) is 0. The first-order valence-corrected chi connectivity index (χ1v) is 7.34. The van der Waals surface area contributed by atoms with Crippen molar-refractivity contribution < 1.29 is 8.42 Å². The highest BCUT2D eigenvalue weighted by Gasteiger charge is 2.26. The lowest BCUT2D eigenvalue weighted by Crippen LogP contribution is -2.36. The fourth-order valence-electron chi connectivity index (χ4n) is 1.68. The summed E-state index contributed by atoms with van der Waals surface area (Å²) in [5.41, 5.74) is 0. The maximum atomic E-state index is 12.2. The van der Waals surface area contributed by atoms with Crippen molar-refractivity contribution in [1.82, 2.24) is 9.29 Å². The fraction of sp³-hybridized carbons (Fsp3) is 0.545. The Morgan fingerprint density at radius 3 is 2.35 bits per heavy atom. The van der Waals surface area contributed by atoms with Crippen molar-refractivity contribution in [2.75, 3.05) is 7.05 Å². The van der Waals surface area contributed by atoms with Gasteiger partial charge in [0.05, 0.1) is 0 Å². The molecule has 6 heteroatoms. The summed E-state index contributed by atoms with van der Waals surface area (Å²) >= 11 is 5.64. The molecule has 0 amide bonds. The Morgan fingerprint density at radius 2 is 1.94 bits per heavy atom. The van der Waals surface area contributed by atoms with E-state index < -0.39 is 10.0 Å². The molecule has 0 fully saturated rings. The molecular weight excluding hydrogens is 260 g/mol. The third-order valence-electron chi connectivity index (χ3n) is 2.83. The molecule has 1 heterocycles. The first-order valence-electron chi connectivity index (χ1n) is 5.53. The number of hydrogen-bond acceptors (Lipinski definition) is 3. The van der Waals surface area contributed by atoms with Crippen LogP contribution in [0.1, 0.15) is 26.7 Å². The van der Waals surface area contributed by atoms with Crippen LogP contribution in [-0.4, -0.2) is 30.8 Å². The van der Waals surface area contributed by atoms with E-state index >= 15 is 0 Å². The smallest absolute Gasteiger partial charge is 0.243 e. The maximum Gasteiger partial charge on any atom is 0.244 e. The number of sulfonamides is 1. The van der Waals surface area contributed by atoms with Crippen molar-refractivity contribution in [1.29, 1.82) is 0 Å². The molecule has 0 bridgehead atoms. The minimum atomic E-state index is -3.47. The van der Waals surface area contributed by atoms with Crippen LogP contribution in [0.2, 0.25) is 5.15 Å². The number of halogens is 1. The van der Waals surface area contributed by atoms with Gasteiger partial charge in [-0.25, -0.2) is 13.4 Å². The van der Waals surface area contributed by atoms with E-state index in [9.17, 15) is 8.42 Å². The third-order valence-corrected chi connectivity index (χ3v) is 4.95. The Balaban J connectivity index is 3.06. The second-order valence-corrected chi connectivity index (χ2v) is 6.19. The van der Waals surface area contributed by atoms with Crippen LogP contribution in [0.25, 0.3) is 0 Å². The van der Waals surface area contributed by atoms with E-state index in [2.05, 4.69) is 4.98 Å². The first-order chi connectivity index (χ1) is 7.93. The molecule has 17 heavy (non-hydrogen) atoms. The molecule has 0 aromatic carbocycles. The molecule has 0 unspecified atom stereocenters. The van der Waals surface area contributed by atoms with Crippen molar-refractivity contribution >= 4 is 21.6 Å². The average Bonchev–Trinajstić information content (AvgIpc) is 2.31. The molecular formula is C11H17ClN2O2S. The molecule has 1 aromatic rings. The van der Waals surface area contributed by atoms with Gasteiger partial charge < -0.3 is 0 Å². The zero-order valence-electron chi connectivity index (χ0n) is 10.2. The van der Waals surface area contributed by atoms with E-state index in [1.54, 1.807) is 7.05 Å². The standard InChI is InChI=1S/C11H17ClN2O2S/c1-4-9(5-2)14(3)17(15,16)10-6-7-11(12)13-8-10/h6-9H,4-5H2,1-3H3. The van der Waals surface area contributed by atoms with Crippen molar-refractivity contribution in [2.45, 2.75) is 37.6 Å². The lowest BCUT2D eigenvalue weighted by atomic mass is 10.2. The quantitative estimate of drug-likeness (QED) is 0.777. The lowest BCUT2D eigenvalue weighted by Gasteiger charge is -2.25. The Morgan fingerprint density at radius 1 is 1.35 bits per heavy atom. The normalized spacial score (nSPS) is 12.4. The summed E-state index contributed by atoms with van der Waals surface area (Å²) in [4.78, 5) is 3.98. The maximum absolute atomic E-state index is 12.2. The van der Waals surface area contributed by atoms with Gasteiger partial charge in [-0.3, -0.25) is 0 Å². The van der Waals surface area contributed by atoms with Gasteiger partial charge >= 0.3 is 0 Å². The second kappa shape index (κ2) is 5.80. The van der Waals surface area contributed by atoms with Gasteiger partial charge in [0, 0.05) is 19.3 Å². The molecule has 1 rings (SSSR count). The zero-order chi connectivity index (χ0) is 13.1. The van der Waals surface area contributed by atoms with Crippen LogP contribution in [0, 0.1) is 0 Å². The van der Waals surface area contributed by atoms with Crippen LogP contribution in [0.15, 0.2) is 23.2 Å². The van der Waals surface area contributed by atoms with Gasteiger partial charge in [0.2, 0.25) is 10.0 Å². The molecule has 0 aliphatic heterocycles. The van der Waals surface area contributed by atoms with Gasteiger partial charge in [0.1, 0.15) is 10.0 Å². The molecule has 0 spiro atoms. The monoisotopic (exact) mass is 276 g/mol. The van der Waals surface area contributed by atoms with E-state index in [0.717, 1.165) is 12.8 Å². The van der Waals surface area contributed by atoms with Gasteiger partial charge in [-0.1, -0.05) is 25.4 Å². The Labute approximate surface area is 108 Å². The number of nitrogens with zero attached hydrogens (tertiary/aromatic N) is 2. The average molecular weight is 277 g/mol. The highest BCUT2D eigenvalue weighted by Crippen LogP contribution is 2.19. The van der Waals surface area contributed by atoms with Gasteiger partial charge in [-0.2, -0.15) is 4.31 Å². The van der Waals surface area contributed by atoms with Gasteiger partial charge in [-0.15, -0.1) is 0 Å². The van der Waals surface area contributed by atoms with Crippen molar-refractivity contribution in [2.24, 2.45) is 0 Å². The molecule has 0 atom stereocenters. The van der Waals surface area contributed by atoms with E-state index in [4.69, 9.17) is 11.6 Å².